The van der Waals surface area contributed by atoms with E-state index in [1.165, 1.54) is 11.1 Å². The second-order valence-electron chi connectivity index (χ2n) is 5.73. The number of hydrogen-bond acceptors (Lipinski definition) is 2. The Bertz CT molecular complexity index is 686. The van der Waals surface area contributed by atoms with Crippen LogP contribution in [-0.2, 0) is 11.2 Å². The van der Waals surface area contributed by atoms with Crippen LogP contribution in [0.1, 0.15) is 23.6 Å². The van der Waals surface area contributed by atoms with Gasteiger partial charge in [0.1, 0.15) is 0 Å². The quantitative estimate of drug-likeness (QED) is 0.783. The zero-order valence-electron chi connectivity index (χ0n) is 12.6. The van der Waals surface area contributed by atoms with Crippen molar-refractivity contribution in [1.82, 2.24) is 4.90 Å². The van der Waals surface area contributed by atoms with E-state index in [2.05, 4.69) is 57.1 Å². The van der Waals surface area contributed by atoms with Gasteiger partial charge < -0.3 is 5.32 Å². The number of aryl methyl sites for hydroxylation is 1. The maximum Gasteiger partial charge on any atom is 0.238 e. The molecule has 0 heterocycles. The zero-order chi connectivity index (χ0) is 15.5. The number of halogens is 1. The van der Waals surface area contributed by atoms with Gasteiger partial charge >= 0.3 is 0 Å². The summed E-state index contributed by atoms with van der Waals surface area (Å²) in [5, 5.41) is 2.98. The van der Waals surface area contributed by atoms with Crippen molar-refractivity contribution in [3.8, 4) is 0 Å². The van der Waals surface area contributed by atoms with Crippen LogP contribution in [0.25, 0.3) is 0 Å². The summed E-state index contributed by atoms with van der Waals surface area (Å²) in [7, 11) is 2.03. The SMILES string of the molecule is CN(CC(=O)Nc1cccc(I)c1)[C@H]1CCc2ccccc21. The average molecular weight is 406 g/mol. The minimum absolute atomic E-state index is 0.0360. The molecule has 0 unspecified atom stereocenters. The van der Waals surface area contributed by atoms with Gasteiger partial charge in [-0.2, -0.15) is 0 Å². The van der Waals surface area contributed by atoms with E-state index >= 15 is 0 Å². The van der Waals surface area contributed by atoms with Crippen LogP contribution in [-0.4, -0.2) is 24.4 Å². The largest absolute Gasteiger partial charge is 0.325 e. The molecule has 2 aromatic rings. The maximum absolute atomic E-state index is 12.2. The molecule has 1 N–H and O–H groups in total. The standard InChI is InChI=1S/C18H19IN2O/c1-21(17-10-9-13-5-2-3-8-16(13)17)12-18(22)20-15-7-4-6-14(19)11-15/h2-8,11,17H,9-10,12H2,1H3,(H,20,22)/t17-/m0/s1. The molecule has 2 aromatic carbocycles. The number of rotatable bonds is 4. The lowest BCUT2D eigenvalue weighted by Gasteiger charge is -2.24. The van der Waals surface area contributed by atoms with Crippen LogP contribution in [0.5, 0.6) is 0 Å². The Morgan fingerprint density at radius 1 is 1.27 bits per heavy atom. The highest BCUT2D eigenvalue weighted by Gasteiger charge is 2.26. The van der Waals surface area contributed by atoms with Crippen molar-refractivity contribution in [3.63, 3.8) is 0 Å². The van der Waals surface area contributed by atoms with Crippen LogP contribution in [0.2, 0.25) is 0 Å². The molecule has 1 atom stereocenters. The number of anilines is 1. The van der Waals surface area contributed by atoms with Crippen LogP contribution in [0.3, 0.4) is 0 Å². The minimum atomic E-state index is 0.0360. The molecule has 0 fully saturated rings. The number of nitrogens with zero attached hydrogens (tertiary/aromatic N) is 1. The Kier molecular flexibility index (Phi) is 4.78. The van der Waals surface area contributed by atoms with Crippen LogP contribution in [0.4, 0.5) is 5.69 Å². The van der Waals surface area contributed by atoms with Gasteiger partial charge in [0.15, 0.2) is 0 Å². The third-order valence-electron chi connectivity index (χ3n) is 4.13. The Morgan fingerprint density at radius 3 is 2.91 bits per heavy atom. The van der Waals surface area contributed by atoms with E-state index in [0.717, 1.165) is 22.1 Å². The smallest absolute Gasteiger partial charge is 0.238 e. The van der Waals surface area contributed by atoms with E-state index in [1.807, 2.05) is 31.3 Å². The molecular formula is C18H19IN2O. The van der Waals surface area contributed by atoms with Gasteiger partial charge in [-0.05, 0) is 71.8 Å². The topological polar surface area (TPSA) is 32.3 Å². The first-order valence-electron chi connectivity index (χ1n) is 7.47. The summed E-state index contributed by atoms with van der Waals surface area (Å²) in [6.07, 6.45) is 2.19. The normalized spacial score (nSPS) is 16.6. The van der Waals surface area contributed by atoms with Gasteiger partial charge in [-0.1, -0.05) is 30.3 Å². The van der Waals surface area contributed by atoms with Crippen molar-refractivity contribution in [3.05, 3.63) is 63.2 Å². The van der Waals surface area contributed by atoms with Gasteiger partial charge in [0, 0.05) is 15.3 Å². The molecule has 1 aliphatic rings. The first-order valence-corrected chi connectivity index (χ1v) is 8.55. The highest BCUT2D eigenvalue weighted by molar-refractivity contribution is 14.1. The second kappa shape index (κ2) is 6.79. The highest BCUT2D eigenvalue weighted by atomic mass is 127. The molecular weight excluding hydrogens is 387 g/mol. The lowest BCUT2D eigenvalue weighted by atomic mass is 10.1. The fourth-order valence-electron chi connectivity index (χ4n) is 3.10. The van der Waals surface area contributed by atoms with Gasteiger partial charge in [0.05, 0.1) is 6.54 Å². The van der Waals surface area contributed by atoms with Gasteiger partial charge in [-0.3, -0.25) is 9.69 Å². The summed E-state index contributed by atoms with van der Waals surface area (Å²) >= 11 is 2.25. The number of amides is 1. The molecule has 0 spiro atoms. The summed E-state index contributed by atoms with van der Waals surface area (Å²) in [5.74, 6) is 0.0360. The molecule has 0 aliphatic heterocycles. The van der Waals surface area contributed by atoms with Gasteiger partial charge in [-0.15, -0.1) is 0 Å². The Balaban J connectivity index is 1.62. The second-order valence-corrected chi connectivity index (χ2v) is 6.97. The van der Waals surface area contributed by atoms with Crippen molar-refractivity contribution in [1.29, 1.82) is 0 Å². The Morgan fingerprint density at radius 2 is 2.09 bits per heavy atom. The van der Waals surface area contributed by atoms with Crippen LogP contribution in [0, 0.1) is 3.57 Å². The number of carbonyl (C=O) groups excluding carboxylic acids is 1. The van der Waals surface area contributed by atoms with Crippen molar-refractivity contribution in [2.45, 2.75) is 18.9 Å². The fourth-order valence-corrected chi connectivity index (χ4v) is 3.64. The number of likely N-dealkylation sites (N-methyl/N-ethyl adjacent to an activating group) is 1. The summed E-state index contributed by atoms with van der Waals surface area (Å²) in [4.78, 5) is 14.4. The van der Waals surface area contributed by atoms with Crippen molar-refractivity contribution < 1.29 is 4.79 Å². The third-order valence-corrected chi connectivity index (χ3v) is 4.81. The number of nitrogens with one attached hydrogen (secondary N) is 1. The number of carbonyl (C=O) groups is 1. The van der Waals surface area contributed by atoms with E-state index in [1.54, 1.807) is 0 Å². The molecule has 114 valence electrons. The molecule has 0 aromatic heterocycles. The molecule has 0 saturated carbocycles. The Labute approximate surface area is 144 Å². The van der Waals surface area contributed by atoms with E-state index in [-0.39, 0.29) is 5.91 Å². The molecule has 3 nitrogen and oxygen atoms in total. The van der Waals surface area contributed by atoms with E-state index in [0.29, 0.717) is 12.6 Å². The lowest BCUT2D eigenvalue weighted by molar-refractivity contribution is -0.117. The van der Waals surface area contributed by atoms with E-state index in [4.69, 9.17) is 0 Å². The molecule has 4 heteroatoms. The summed E-state index contributed by atoms with van der Waals surface area (Å²) in [6.45, 7) is 0.407. The first-order chi connectivity index (χ1) is 10.6. The molecule has 0 saturated heterocycles. The average Bonchev–Trinajstić information content (AvgIpc) is 2.91. The van der Waals surface area contributed by atoms with Gasteiger partial charge in [0.2, 0.25) is 5.91 Å². The number of fused-ring (bicyclic) bond motifs is 1. The first kappa shape index (κ1) is 15.5. The van der Waals surface area contributed by atoms with Crippen LogP contribution < -0.4 is 5.32 Å². The van der Waals surface area contributed by atoms with Crippen molar-refractivity contribution in [2.75, 3.05) is 18.9 Å². The van der Waals surface area contributed by atoms with Gasteiger partial charge in [0.25, 0.3) is 0 Å². The fraction of sp³-hybridized carbons (Fsp3) is 0.278. The predicted molar refractivity (Wildman–Crippen MR) is 97.9 cm³/mol. The maximum atomic E-state index is 12.2. The monoisotopic (exact) mass is 406 g/mol. The van der Waals surface area contributed by atoms with Crippen LogP contribution in [0.15, 0.2) is 48.5 Å². The van der Waals surface area contributed by atoms with Crippen molar-refractivity contribution >= 4 is 34.2 Å². The van der Waals surface area contributed by atoms with E-state index in [9.17, 15) is 4.79 Å². The third kappa shape index (κ3) is 3.50. The predicted octanol–water partition coefficient (Wildman–Crippen LogP) is 3.85. The molecule has 1 aliphatic carbocycles. The summed E-state index contributed by atoms with van der Waals surface area (Å²) < 4.78 is 1.12. The number of benzene rings is 2. The molecule has 0 radical (unpaired) electrons. The number of hydrogen-bond donors (Lipinski definition) is 1. The molecule has 3 rings (SSSR count). The van der Waals surface area contributed by atoms with Gasteiger partial charge in [-0.25, -0.2) is 0 Å². The van der Waals surface area contributed by atoms with Crippen LogP contribution >= 0.6 is 22.6 Å². The zero-order valence-corrected chi connectivity index (χ0v) is 14.7. The minimum Gasteiger partial charge on any atom is -0.325 e. The van der Waals surface area contributed by atoms with Crippen molar-refractivity contribution in [2.24, 2.45) is 0 Å². The highest BCUT2D eigenvalue weighted by Crippen LogP contribution is 2.34. The summed E-state index contributed by atoms with van der Waals surface area (Å²) in [5.41, 5.74) is 3.64. The molecule has 22 heavy (non-hydrogen) atoms. The molecule has 0 bridgehead atoms. The van der Waals surface area contributed by atoms with E-state index < -0.39 is 0 Å². The Hall–Kier alpha value is -1.40. The summed E-state index contributed by atoms with van der Waals surface area (Å²) in [6, 6.07) is 16.7. The lowest BCUT2D eigenvalue weighted by Crippen LogP contribution is -2.32. The molecule has 1 amide bonds.